The molecule has 18 heavy (non-hydrogen) atoms. The van der Waals surface area contributed by atoms with Gasteiger partial charge in [-0.2, -0.15) is 5.26 Å². The van der Waals surface area contributed by atoms with Crippen molar-refractivity contribution in [2.24, 2.45) is 0 Å². The fourth-order valence-electron chi connectivity index (χ4n) is 1.98. The average molecular weight is 267 g/mol. The minimum absolute atomic E-state index is 0.180. The fraction of sp³-hybridized carbons (Fsp3) is 0.462. The van der Waals surface area contributed by atoms with Gasteiger partial charge >= 0.3 is 0 Å². The monoisotopic (exact) mass is 266 g/mol. The van der Waals surface area contributed by atoms with Crippen LogP contribution < -0.4 is 5.32 Å². The zero-order chi connectivity index (χ0) is 13.3. The SMILES string of the molecule is Cc1c(N[C@H]2COC[C@]2(C)O)ccc(C#N)c1Cl. The molecule has 0 aromatic heterocycles. The molecule has 0 spiro atoms. The topological polar surface area (TPSA) is 65.3 Å². The number of nitrogens with zero attached hydrogens (tertiary/aromatic N) is 1. The lowest BCUT2D eigenvalue weighted by Crippen LogP contribution is -2.43. The third-order valence-corrected chi connectivity index (χ3v) is 3.75. The van der Waals surface area contributed by atoms with Crippen LogP contribution in [0, 0.1) is 18.3 Å². The van der Waals surface area contributed by atoms with Crippen molar-refractivity contribution in [1.29, 1.82) is 5.26 Å². The summed E-state index contributed by atoms with van der Waals surface area (Å²) in [6.45, 7) is 4.34. The molecule has 1 heterocycles. The van der Waals surface area contributed by atoms with Crippen molar-refractivity contribution in [2.45, 2.75) is 25.5 Å². The predicted octanol–water partition coefficient (Wildman–Crippen LogP) is 2.08. The molecule has 1 aromatic carbocycles. The molecule has 2 atom stereocenters. The minimum Gasteiger partial charge on any atom is -0.386 e. The molecule has 0 radical (unpaired) electrons. The van der Waals surface area contributed by atoms with Gasteiger partial charge in [0.1, 0.15) is 11.7 Å². The maximum Gasteiger partial charge on any atom is 0.107 e. The van der Waals surface area contributed by atoms with Gasteiger partial charge in [0.15, 0.2) is 0 Å². The highest BCUT2D eigenvalue weighted by atomic mass is 35.5. The van der Waals surface area contributed by atoms with Gasteiger partial charge in [-0.05, 0) is 31.5 Å². The van der Waals surface area contributed by atoms with E-state index in [0.717, 1.165) is 11.3 Å². The summed E-state index contributed by atoms with van der Waals surface area (Å²) in [6.07, 6.45) is 0. The van der Waals surface area contributed by atoms with Crippen molar-refractivity contribution in [1.82, 2.24) is 0 Å². The molecule has 4 nitrogen and oxygen atoms in total. The van der Waals surface area contributed by atoms with E-state index >= 15 is 0 Å². The third-order valence-electron chi connectivity index (χ3n) is 3.27. The molecule has 0 saturated carbocycles. The van der Waals surface area contributed by atoms with Crippen molar-refractivity contribution in [3.8, 4) is 6.07 Å². The van der Waals surface area contributed by atoms with E-state index in [-0.39, 0.29) is 6.04 Å². The van der Waals surface area contributed by atoms with Crippen LogP contribution in [0.2, 0.25) is 5.02 Å². The standard InChI is InChI=1S/C13H15ClN2O2/c1-8-10(4-3-9(5-15)12(8)14)16-11-6-18-7-13(11,2)17/h3-4,11,16-17H,6-7H2,1-2H3/t11-,13-/m0/s1. The van der Waals surface area contributed by atoms with Crippen LogP contribution in [-0.4, -0.2) is 30.0 Å². The summed E-state index contributed by atoms with van der Waals surface area (Å²) in [5.41, 5.74) is 1.18. The zero-order valence-corrected chi connectivity index (χ0v) is 11.1. The van der Waals surface area contributed by atoms with Gasteiger partial charge in [-0.15, -0.1) is 0 Å². The van der Waals surface area contributed by atoms with Crippen molar-refractivity contribution in [3.05, 3.63) is 28.3 Å². The summed E-state index contributed by atoms with van der Waals surface area (Å²) in [5.74, 6) is 0. The van der Waals surface area contributed by atoms with Crippen molar-refractivity contribution >= 4 is 17.3 Å². The molecular formula is C13H15ClN2O2. The van der Waals surface area contributed by atoms with E-state index in [0.29, 0.717) is 23.8 Å². The maximum absolute atomic E-state index is 10.1. The van der Waals surface area contributed by atoms with E-state index in [1.54, 1.807) is 19.1 Å². The minimum atomic E-state index is -0.896. The van der Waals surface area contributed by atoms with Gasteiger partial charge in [-0.25, -0.2) is 0 Å². The highest BCUT2D eigenvalue weighted by Gasteiger charge is 2.38. The van der Waals surface area contributed by atoms with Crippen LogP contribution in [0.3, 0.4) is 0 Å². The summed E-state index contributed by atoms with van der Waals surface area (Å²) in [7, 11) is 0. The molecule has 96 valence electrons. The van der Waals surface area contributed by atoms with Crippen LogP contribution in [0.1, 0.15) is 18.1 Å². The van der Waals surface area contributed by atoms with Crippen LogP contribution in [0.5, 0.6) is 0 Å². The smallest absolute Gasteiger partial charge is 0.107 e. The predicted molar refractivity (Wildman–Crippen MR) is 69.8 cm³/mol. The van der Waals surface area contributed by atoms with E-state index in [4.69, 9.17) is 21.6 Å². The summed E-state index contributed by atoms with van der Waals surface area (Å²) in [6, 6.07) is 5.33. The quantitative estimate of drug-likeness (QED) is 0.860. The first-order valence-electron chi connectivity index (χ1n) is 5.71. The Bertz CT molecular complexity index is 508. The second-order valence-electron chi connectivity index (χ2n) is 4.78. The molecule has 2 rings (SSSR count). The number of ether oxygens (including phenoxy) is 1. The lowest BCUT2D eigenvalue weighted by atomic mass is 10.00. The van der Waals surface area contributed by atoms with E-state index in [1.165, 1.54) is 0 Å². The Morgan fingerprint density at radius 3 is 2.89 bits per heavy atom. The molecule has 0 bridgehead atoms. The fourth-order valence-corrected chi connectivity index (χ4v) is 2.18. The van der Waals surface area contributed by atoms with Gasteiger partial charge in [0, 0.05) is 5.69 Å². The zero-order valence-electron chi connectivity index (χ0n) is 10.3. The maximum atomic E-state index is 10.1. The number of aliphatic hydroxyl groups is 1. The Morgan fingerprint density at radius 2 is 2.33 bits per heavy atom. The molecule has 5 heteroatoms. The molecule has 1 aromatic rings. The number of benzene rings is 1. The molecule has 1 aliphatic rings. The number of anilines is 1. The van der Waals surface area contributed by atoms with Crippen LogP contribution >= 0.6 is 11.6 Å². The lowest BCUT2D eigenvalue weighted by molar-refractivity contribution is 0.0389. The van der Waals surface area contributed by atoms with E-state index in [9.17, 15) is 5.11 Å². The van der Waals surface area contributed by atoms with Crippen LogP contribution in [0.4, 0.5) is 5.69 Å². The first-order valence-corrected chi connectivity index (χ1v) is 6.09. The first kappa shape index (κ1) is 13.2. The number of rotatable bonds is 2. The molecule has 1 saturated heterocycles. The molecule has 0 unspecified atom stereocenters. The van der Waals surface area contributed by atoms with E-state index in [1.807, 2.05) is 13.0 Å². The second kappa shape index (κ2) is 4.77. The third kappa shape index (κ3) is 2.30. The van der Waals surface area contributed by atoms with Gasteiger partial charge in [-0.3, -0.25) is 0 Å². The van der Waals surface area contributed by atoms with Crippen LogP contribution in [-0.2, 0) is 4.74 Å². The van der Waals surface area contributed by atoms with Crippen LogP contribution in [0.15, 0.2) is 12.1 Å². The Labute approximate surface area is 111 Å². The van der Waals surface area contributed by atoms with Crippen LogP contribution in [0.25, 0.3) is 0 Å². The van der Waals surface area contributed by atoms with Crippen molar-refractivity contribution in [3.63, 3.8) is 0 Å². The lowest BCUT2D eigenvalue weighted by Gasteiger charge is -2.26. The number of nitriles is 1. The number of nitrogens with one attached hydrogen (secondary N) is 1. The van der Waals surface area contributed by atoms with Crippen molar-refractivity contribution < 1.29 is 9.84 Å². The summed E-state index contributed by atoms with van der Waals surface area (Å²) >= 11 is 6.10. The molecule has 0 aliphatic carbocycles. The average Bonchev–Trinajstić information content (AvgIpc) is 2.65. The van der Waals surface area contributed by atoms with Crippen molar-refractivity contribution in [2.75, 3.05) is 18.5 Å². The summed E-state index contributed by atoms with van der Waals surface area (Å²) < 4.78 is 5.26. The number of hydrogen-bond donors (Lipinski definition) is 2. The Kier molecular flexibility index (Phi) is 3.49. The number of halogens is 1. The largest absolute Gasteiger partial charge is 0.386 e. The highest BCUT2D eigenvalue weighted by Crippen LogP contribution is 2.30. The summed E-state index contributed by atoms with van der Waals surface area (Å²) in [5, 5.41) is 22.7. The van der Waals surface area contributed by atoms with Gasteiger partial charge in [0.25, 0.3) is 0 Å². The second-order valence-corrected chi connectivity index (χ2v) is 5.16. The Hall–Kier alpha value is -1.28. The van der Waals surface area contributed by atoms with Gasteiger partial charge < -0.3 is 15.2 Å². The molecule has 2 N–H and O–H groups in total. The molecular weight excluding hydrogens is 252 g/mol. The summed E-state index contributed by atoms with van der Waals surface area (Å²) in [4.78, 5) is 0. The van der Waals surface area contributed by atoms with Gasteiger partial charge in [0.2, 0.25) is 0 Å². The van der Waals surface area contributed by atoms with Gasteiger partial charge in [0.05, 0.1) is 29.8 Å². The normalized spacial score (nSPS) is 26.9. The van der Waals surface area contributed by atoms with E-state index < -0.39 is 5.60 Å². The molecule has 0 amide bonds. The highest BCUT2D eigenvalue weighted by molar-refractivity contribution is 6.32. The molecule has 1 aliphatic heterocycles. The Balaban J connectivity index is 2.26. The first-order chi connectivity index (χ1) is 8.45. The molecule has 1 fully saturated rings. The Morgan fingerprint density at radius 1 is 1.61 bits per heavy atom. The number of hydrogen-bond acceptors (Lipinski definition) is 4. The van der Waals surface area contributed by atoms with Gasteiger partial charge in [-0.1, -0.05) is 11.6 Å². The van der Waals surface area contributed by atoms with E-state index in [2.05, 4.69) is 5.32 Å².